The van der Waals surface area contributed by atoms with Crippen LogP contribution in [-0.2, 0) is 11.3 Å². The molecule has 1 fully saturated rings. The average molecular weight is 369 g/mol. The van der Waals surface area contributed by atoms with Gasteiger partial charge in [0.15, 0.2) is 0 Å². The van der Waals surface area contributed by atoms with E-state index in [9.17, 15) is 9.90 Å². The van der Waals surface area contributed by atoms with Gasteiger partial charge in [0.1, 0.15) is 17.4 Å². The highest BCUT2D eigenvalue weighted by Gasteiger charge is 2.32. The quantitative estimate of drug-likeness (QED) is 0.711. The predicted molar refractivity (Wildman–Crippen MR) is 99.3 cm³/mol. The van der Waals surface area contributed by atoms with Crippen molar-refractivity contribution in [2.75, 3.05) is 26.2 Å². The Kier molecular flexibility index (Phi) is 4.67. The largest absolute Gasteiger partial charge is 0.480 e. The molecule has 0 radical (unpaired) electrons. The Balaban J connectivity index is 1.51. The van der Waals surface area contributed by atoms with E-state index in [0.717, 1.165) is 46.5 Å². The van der Waals surface area contributed by atoms with Crippen molar-refractivity contribution in [3.8, 4) is 0 Å². The van der Waals surface area contributed by atoms with Crippen LogP contribution in [0, 0.1) is 13.8 Å². The molecule has 8 heteroatoms. The number of hydrogen-bond acceptors (Lipinski definition) is 6. The third kappa shape index (κ3) is 3.45. The minimum atomic E-state index is -0.817. The SMILES string of the molecule is Cc1ccc2[nH]cc([C@@H](C(=O)O)N3CCN(Cc4nonc4C)CC3)c2c1. The molecule has 0 amide bonds. The lowest BCUT2D eigenvalue weighted by Gasteiger charge is -2.37. The molecule has 1 aliphatic rings. The highest BCUT2D eigenvalue weighted by atomic mass is 16.6. The summed E-state index contributed by atoms with van der Waals surface area (Å²) in [5.41, 5.74) is 4.55. The minimum Gasteiger partial charge on any atom is -0.480 e. The second kappa shape index (κ2) is 7.13. The number of aromatic nitrogens is 3. The Hall–Kier alpha value is -2.71. The normalized spacial score (nSPS) is 17.4. The fraction of sp³-hybridized carbons (Fsp3) is 0.421. The molecule has 0 bridgehead atoms. The number of rotatable bonds is 5. The van der Waals surface area contributed by atoms with Crippen molar-refractivity contribution in [3.05, 3.63) is 46.9 Å². The van der Waals surface area contributed by atoms with E-state index in [4.69, 9.17) is 4.63 Å². The monoisotopic (exact) mass is 369 g/mol. The Labute approximate surface area is 156 Å². The fourth-order valence-electron chi connectivity index (χ4n) is 3.75. The van der Waals surface area contributed by atoms with Crippen molar-refractivity contribution in [2.45, 2.75) is 26.4 Å². The van der Waals surface area contributed by atoms with E-state index < -0.39 is 12.0 Å². The van der Waals surface area contributed by atoms with E-state index in [1.807, 2.05) is 43.1 Å². The molecule has 0 unspecified atom stereocenters. The Morgan fingerprint density at radius 2 is 2.04 bits per heavy atom. The molecule has 0 spiro atoms. The first kappa shape index (κ1) is 17.7. The molecule has 2 N–H and O–H groups in total. The zero-order valence-electron chi connectivity index (χ0n) is 15.5. The van der Waals surface area contributed by atoms with Crippen LogP contribution < -0.4 is 0 Å². The number of carbonyl (C=O) groups is 1. The molecule has 3 aromatic rings. The number of H-pyrrole nitrogens is 1. The van der Waals surface area contributed by atoms with Gasteiger partial charge >= 0.3 is 5.97 Å². The van der Waals surface area contributed by atoms with Crippen LogP contribution in [0.15, 0.2) is 29.0 Å². The third-order valence-electron chi connectivity index (χ3n) is 5.29. The van der Waals surface area contributed by atoms with E-state index in [2.05, 4.69) is 20.2 Å². The number of aliphatic carboxylic acids is 1. The maximum Gasteiger partial charge on any atom is 0.325 e. The molecule has 1 atom stereocenters. The first-order chi connectivity index (χ1) is 13.0. The van der Waals surface area contributed by atoms with Gasteiger partial charge in [0.05, 0.1) is 0 Å². The average Bonchev–Trinajstić information content (AvgIpc) is 3.23. The number of hydrogen-bond donors (Lipinski definition) is 2. The van der Waals surface area contributed by atoms with Crippen LogP contribution in [0.5, 0.6) is 0 Å². The Bertz CT molecular complexity index is 955. The molecule has 1 aromatic carbocycles. The second-order valence-corrected chi connectivity index (χ2v) is 7.14. The lowest BCUT2D eigenvalue weighted by atomic mass is 10.0. The van der Waals surface area contributed by atoms with Crippen LogP contribution in [0.4, 0.5) is 0 Å². The molecular weight excluding hydrogens is 346 g/mol. The van der Waals surface area contributed by atoms with Crippen LogP contribution in [0.25, 0.3) is 10.9 Å². The van der Waals surface area contributed by atoms with Gasteiger partial charge in [-0.1, -0.05) is 21.9 Å². The van der Waals surface area contributed by atoms with Crippen molar-refractivity contribution < 1.29 is 14.5 Å². The lowest BCUT2D eigenvalue weighted by Crippen LogP contribution is -2.48. The minimum absolute atomic E-state index is 0.654. The standard InChI is InChI=1S/C19H23N5O3/c1-12-3-4-16-14(9-12)15(10-20-16)18(19(25)26)24-7-5-23(6-8-24)11-17-13(2)21-27-22-17/h3-4,9-10,18,20H,5-8,11H2,1-2H3,(H,25,26)/t18-/m0/s1. The molecule has 0 aliphatic carbocycles. The van der Waals surface area contributed by atoms with Gasteiger partial charge in [-0.3, -0.25) is 14.6 Å². The number of piperazine rings is 1. The Morgan fingerprint density at radius 1 is 1.26 bits per heavy atom. The molecule has 142 valence electrons. The molecule has 4 rings (SSSR count). The number of aromatic amines is 1. The van der Waals surface area contributed by atoms with Gasteiger partial charge < -0.3 is 10.1 Å². The van der Waals surface area contributed by atoms with Crippen LogP contribution >= 0.6 is 0 Å². The number of nitrogens with zero attached hydrogens (tertiary/aromatic N) is 4. The van der Waals surface area contributed by atoms with E-state index >= 15 is 0 Å². The van der Waals surface area contributed by atoms with Gasteiger partial charge in [0.2, 0.25) is 0 Å². The first-order valence-electron chi connectivity index (χ1n) is 9.08. The first-order valence-corrected chi connectivity index (χ1v) is 9.08. The van der Waals surface area contributed by atoms with Crippen molar-refractivity contribution in [3.63, 3.8) is 0 Å². The van der Waals surface area contributed by atoms with Gasteiger partial charge in [0.25, 0.3) is 0 Å². The molecule has 8 nitrogen and oxygen atoms in total. The smallest absolute Gasteiger partial charge is 0.325 e. The zero-order chi connectivity index (χ0) is 19.0. The summed E-state index contributed by atoms with van der Waals surface area (Å²) in [4.78, 5) is 19.6. The van der Waals surface area contributed by atoms with Crippen LogP contribution in [0.1, 0.15) is 28.6 Å². The van der Waals surface area contributed by atoms with Crippen molar-refractivity contribution in [2.24, 2.45) is 0 Å². The van der Waals surface area contributed by atoms with Gasteiger partial charge in [-0.05, 0) is 26.0 Å². The van der Waals surface area contributed by atoms with Crippen LogP contribution in [-0.4, -0.2) is 62.4 Å². The van der Waals surface area contributed by atoms with Gasteiger partial charge in [-0.15, -0.1) is 0 Å². The summed E-state index contributed by atoms with van der Waals surface area (Å²) in [7, 11) is 0. The summed E-state index contributed by atoms with van der Waals surface area (Å²) in [6.07, 6.45) is 1.83. The zero-order valence-corrected chi connectivity index (χ0v) is 15.5. The van der Waals surface area contributed by atoms with Crippen molar-refractivity contribution >= 4 is 16.9 Å². The maximum atomic E-state index is 12.1. The number of carboxylic acids is 1. The summed E-state index contributed by atoms with van der Waals surface area (Å²) < 4.78 is 4.76. The Morgan fingerprint density at radius 3 is 2.70 bits per heavy atom. The molecule has 1 aliphatic heterocycles. The molecule has 0 saturated carbocycles. The summed E-state index contributed by atoms with van der Waals surface area (Å²) in [6, 6.07) is 5.42. The van der Waals surface area contributed by atoms with Crippen molar-refractivity contribution in [1.29, 1.82) is 0 Å². The summed E-state index contributed by atoms with van der Waals surface area (Å²) in [6.45, 7) is 7.48. The van der Waals surface area contributed by atoms with Crippen LogP contribution in [0.3, 0.4) is 0 Å². The van der Waals surface area contributed by atoms with E-state index in [0.29, 0.717) is 19.6 Å². The second-order valence-electron chi connectivity index (χ2n) is 7.14. The topological polar surface area (TPSA) is 98.5 Å². The molecule has 3 heterocycles. The van der Waals surface area contributed by atoms with Gasteiger partial charge in [-0.2, -0.15) is 0 Å². The molecular formula is C19H23N5O3. The molecule has 27 heavy (non-hydrogen) atoms. The summed E-state index contributed by atoms with van der Waals surface area (Å²) in [5, 5.41) is 18.7. The van der Waals surface area contributed by atoms with Crippen LogP contribution in [0.2, 0.25) is 0 Å². The maximum absolute atomic E-state index is 12.1. The van der Waals surface area contributed by atoms with E-state index in [-0.39, 0.29) is 0 Å². The lowest BCUT2D eigenvalue weighted by molar-refractivity contribution is -0.144. The van der Waals surface area contributed by atoms with E-state index in [1.165, 1.54) is 0 Å². The third-order valence-corrected chi connectivity index (χ3v) is 5.29. The van der Waals surface area contributed by atoms with Gasteiger partial charge in [-0.25, -0.2) is 4.63 Å². The summed E-state index contributed by atoms with van der Waals surface area (Å²) in [5.74, 6) is -0.817. The number of aryl methyl sites for hydroxylation is 2. The number of benzene rings is 1. The number of fused-ring (bicyclic) bond motifs is 1. The molecule has 1 saturated heterocycles. The highest BCUT2D eigenvalue weighted by molar-refractivity contribution is 5.89. The van der Waals surface area contributed by atoms with Gasteiger partial charge in [0, 0.05) is 55.4 Å². The number of nitrogens with one attached hydrogen (secondary N) is 1. The highest BCUT2D eigenvalue weighted by Crippen LogP contribution is 2.30. The predicted octanol–water partition coefficient (Wildman–Crippen LogP) is 2.11. The molecule has 2 aromatic heterocycles. The summed E-state index contributed by atoms with van der Waals surface area (Å²) >= 11 is 0. The fourth-order valence-corrected chi connectivity index (χ4v) is 3.75. The van der Waals surface area contributed by atoms with Crippen molar-refractivity contribution in [1.82, 2.24) is 25.1 Å². The van der Waals surface area contributed by atoms with E-state index in [1.54, 1.807) is 0 Å². The number of carboxylic acid groups (broad SMARTS) is 1.